The molecule has 0 aromatic heterocycles. The van der Waals surface area contributed by atoms with Crippen LogP contribution in [0.5, 0.6) is 5.75 Å². The molecule has 0 saturated carbocycles. The largest absolute Gasteiger partial charge is 0.497 e. The molecule has 1 saturated heterocycles. The van der Waals surface area contributed by atoms with E-state index in [1.165, 1.54) is 11.8 Å². The highest BCUT2D eigenvalue weighted by atomic mass is 32.2. The number of fused-ring (bicyclic) bond motifs is 1. The minimum Gasteiger partial charge on any atom is -0.497 e. The molecule has 3 rings (SSSR count). The van der Waals surface area contributed by atoms with Gasteiger partial charge in [-0.1, -0.05) is 36.1 Å². The van der Waals surface area contributed by atoms with Crippen LogP contribution in [-0.4, -0.2) is 35.3 Å². The van der Waals surface area contributed by atoms with Crippen LogP contribution in [-0.2, 0) is 4.79 Å². The quantitative estimate of drug-likeness (QED) is 0.464. The molecule has 0 bridgehead atoms. The first-order chi connectivity index (χ1) is 11.6. The standard InChI is InChI=1S/C18H18N2O2S2/c1-4-10-20-14-9-7-13(22-3)11-12(14)6-8-15(20)16-17(21)19(5-2)18(23)24-16/h4,6-9,11H,1,5,10H2,2-3H3. The minimum atomic E-state index is -0.0295. The minimum absolute atomic E-state index is 0.0295. The Balaban J connectivity index is 2.10. The van der Waals surface area contributed by atoms with E-state index in [2.05, 4.69) is 11.5 Å². The van der Waals surface area contributed by atoms with Gasteiger partial charge in [0.15, 0.2) is 0 Å². The molecular weight excluding hydrogens is 340 g/mol. The van der Waals surface area contributed by atoms with Crippen LogP contribution in [0.25, 0.3) is 6.08 Å². The normalized spacial score (nSPS) is 19.8. The van der Waals surface area contributed by atoms with Gasteiger partial charge in [-0.3, -0.25) is 9.69 Å². The fourth-order valence-corrected chi connectivity index (χ4v) is 4.22. The van der Waals surface area contributed by atoms with Gasteiger partial charge < -0.3 is 9.64 Å². The first-order valence-corrected chi connectivity index (χ1v) is 8.85. The molecule has 1 amide bonds. The maximum absolute atomic E-state index is 12.7. The average Bonchev–Trinajstić information content (AvgIpc) is 2.88. The second-order valence-electron chi connectivity index (χ2n) is 5.29. The van der Waals surface area contributed by atoms with Crippen molar-refractivity contribution in [2.75, 3.05) is 25.1 Å². The zero-order valence-corrected chi connectivity index (χ0v) is 15.2. The Hall–Kier alpha value is -2.05. The fourth-order valence-electron chi connectivity index (χ4n) is 2.78. The van der Waals surface area contributed by atoms with Crippen molar-refractivity contribution in [1.82, 2.24) is 4.90 Å². The zero-order chi connectivity index (χ0) is 17.3. The second-order valence-corrected chi connectivity index (χ2v) is 6.93. The Bertz CT molecular complexity index is 783. The Morgan fingerprint density at radius 3 is 2.75 bits per heavy atom. The molecule has 1 fully saturated rings. The molecule has 6 heteroatoms. The predicted molar refractivity (Wildman–Crippen MR) is 104 cm³/mol. The third-order valence-electron chi connectivity index (χ3n) is 3.95. The van der Waals surface area contributed by atoms with Crippen molar-refractivity contribution in [2.45, 2.75) is 6.92 Å². The van der Waals surface area contributed by atoms with Crippen LogP contribution in [0.4, 0.5) is 5.69 Å². The number of carbonyl (C=O) groups excluding carboxylic acids is 1. The number of likely N-dealkylation sites (N-methyl/N-ethyl adjacent to an activating group) is 1. The van der Waals surface area contributed by atoms with Crippen molar-refractivity contribution in [1.29, 1.82) is 0 Å². The monoisotopic (exact) mass is 358 g/mol. The zero-order valence-electron chi connectivity index (χ0n) is 13.6. The number of hydrogen-bond acceptors (Lipinski definition) is 5. The van der Waals surface area contributed by atoms with Gasteiger partial charge in [-0.2, -0.15) is 0 Å². The van der Waals surface area contributed by atoms with Crippen molar-refractivity contribution >= 4 is 46.0 Å². The van der Waals surface area contributed by atoms with Crippen LogP contribution in [0.15, 0.2) is 47.5 Å². The van der Waals surface area contributed by atoms with Crippen LogP contribution in [0.1, 0.15) is 12.5 Å². The maximum atomic E-state index is 12.7. The van der Waals surface area contributed by atoms with Crippen molar-refractivity contribution in [3.8, 4) is 5.75 Å². The van der Waals surface area contributed by atoms with E-state index in [1.54, 1.807) is 12.0 Å². The first kappa shape index (κ1) is 16.8. The molecule has 2 aliphatic heterocycles. The summed E-state index contributed by atoms with van der Waals surface area (Å²) in [6, 6.07) is 5.90. The molecule has 1 aromatic rings. The third kappa shape index (κ3) is 2.76. The molecule has 0 aliphatic carbocycles. The van der Waals surface area contributed by atoms with Crippen LogP contribution in [0.3, 0.4) is 0 Å². The number of benzene rings is 1. The van der Waals surface area contributed by atoms with Crippen molar-refractivity contribution in [3.05, 3.63) is 53.1 Å². The molecule has 4 nitrogen and oxygen atoms in total. The molecule has 0 unspecified atom stereocenters. The van der Waals surface area contributed by atoms with E-state index in [0.717, 1.165) is 22.7 Å². The lowest BCUT2D eigenvalue weighted by Gasteiger charge is -2.30. The summed E-state index contributed by atoms with van der Waals surface area (Å²) in [5.74, 6) is 0.774. The lowest BCUT2D eigenvalue weighted by Crippen LogP contribution is -2.30. The van der Waals surface area contributed by atoms with Gasteiger partial charge in [0.05, 0.1) is 12.8 Å². The number of methoxy groups -OCH3 is 1. The summed E-state index contributed by atoms with van der Waals surface area (Å²) >= 11 is 6.69. The lowest BCUT2D eigenvalue weighted by atomic mass is 10.0. The average molecular weight is 358 g/mol. The summed E-state index contributed by atoms with van der Waals surface area (Å²) < 4.78 is 5.90. The second kappa shape index (κ2) is 6.83. The van der Waals surface area contributed by atoms with Gasteiger partial charge >= 0.3 is 0 Å². The molecule has 0 N–H and O–H groups in total. The summed E-state index contributed by atoms with van der Waals surface area (Å²) in [4.78, 5) is 17.0. The van der Waals surface area contributed by atoms with Gasteiger partial charge in [0.25, 0.3) is 5.91 Å². The van der Waals surface area contributed by atoms with Crippen LogP contribution >= 0.6 is 24.0 Å². The van der Waals surface area contributed by atoms with Crippen LogP contribution in [0.2, 0.25) is 0 Å². The smallest absolute Gasteiger partial charge is 0.268 e. The van der Waals surface area contributed by atoms with E-state index in [4.69, 9.17) is 17.0 Å². The number of rotatable bonds is 4. The van der Waals surface area contributed by atoms with E-state index >= 15 is 0 Å². The van der Waals surface area contributed by atoms with Gasteiger partial charge in [-0.15, -0.1) is 6.58 Å². The molecule has 1 aromatic carbocycles. The highest BCUT2D eigenvalue weighted by Gasteiger charge is 2.35. The molecule has 0 spiro atoms. The van der Waals surface area contributed by atoms with E-state index in [0.29, 0.717) is 22.3 Å². The van der Waals surface area contributed by atoms with Crippen LogP contribution < -0.4 is 9.64 Å². The van der Waals surface area contributed by atoms with Crippen molar-refractivity contribution in [3.63, 3.8) is 0 Å². The third-order valence-corrected chi connectivity index (χ3v) is 5.40. The molecule has 24 heavy (non-hydrogen) atoms. The van der Waals surface area contributed by atoms with Gasteiger partial charge in [-0.05, 0) is 31.2 Å². The molecule has 2 heterocycles. The maximum Gasteiger partial charge on any atom is 0.268 e. The first-order valence-electron chi connectivity index (χ1n) is 7.63. The number of thiocarbonyl (C=S) groups is 1. The number of allylic oxidation sites excluding steroid dienone is 1. The number of hydrogen-bond donors (Lipinski definition) is 0. The molecule has 0 atom stereocenters. The van der Waals surface area contributed by atoms with E-state index in [9.17, 15) is 4.79 Å². The van der Waals surface area contributed by atoms with E-state index in [1.807, 2.05) is 43.4 Å². The molecule has 124 valence electrons. The molecule has 2 aliphatic rings. The van der Waals surface area contributed by atoms with Gasteiger partial charge in [0.2, 0.25) is 0 Å². The Morgan fingerprint density at radius 1 is 1.33 bits per heavy atom. The van der Waals surface area contributed by atoms with Crippen molar-refractivity contribution < 1.29 is 9.53 Å². The summed E-state index contributed by atoms with van der Waals surface area (Å²) in [6.07, 6.45) is 5.80. The summed E-state index contributed by atoms with van der Waals surface area (Å²) in [6.45, 7) is 6.97. The summed E-state index contributed by atoms with van der Waals surface area (Å²) in [5.41, 5.74) is 2.93. The van der Waals surface area contributed by atoms with Crippen molar-refractivity contribution in [2.24, 2.45) is 0 Å². The predicted octanol–water partition coefficient (Wildman–Crippen LogP) is 3.81. The Morgan fingerprint density at radius 2 is 2.12 bits per heavy atom. The lowest BCUT2D eigenvalue weighted by molar-refractivity contribution is -0.122. The number of carbonyl (C=O) groups is 1. The van der Waals surface area contributed by atoms with E-state index in [-0.39, 0.29) is 5.91 Å². The highest BCUT2D eigenvalue weighted by molar-refractivity contribution is 8.26. The number of thioether (sulfide) groups is 1. The number of nitrogens with zero attached hydrogens (tertiary/aromatic N) is 2. The fraction of sp³-hybridized carbons (Fsp3) is 0.222. The van der Waals surface area contributed by atoms with E-state index < -0.39 is 0 Å². The van der Waals surface area contributed by atoms with Crippen LogP contribution in [0, 0.1) is 0 Å². The summed E-state index contributed by atoms with van der Waals surface area (Å²) in [7, 11) is 1.65. The highest BCUT2D eigenvalue weighted by Crippen LogP contribution is 2.40. The van der Waals surface area contributed by atoms with Gasteiger partial charge in [-0.25, -0.2) is 0 Å². The summed E-state index contributed by atoms with van der Waals surface area (Å²) in [5, 5.41) is 0. The molecule has 0 radical (unpaired) electrons. The number of ether oxygens (including phenoxy) is 1. The Kier molecular flexibility index (Phi) is 4.78. The van der Waals surface area contributed by atoms with Gasteiger partial charge in [0, 0.05) is 24.3 Å². The number of amides is 1. The van der Waals surface area contributed by atoms with Gasteiger partial charge in [0.1, 0.15) is 15.0 Å². The topological polar surface area (TPSA) is 32.8 Å². The molecular formula is C18H18N2O2S2. The SMILES string of the molecule is C=CCN1C(=C2SC(=S)N(CC)C2=O)C=Cc2cc(OC)ccc21. The number of anilines is 1. The Labute approximate surface area is 151 Å².